The average Bonchev–Trinajstić information content (AvgIpc) is 3.79. The van der Waals surface area contributed by atoms with Crippen molar-refractivity contribution in [1.82, 2.24) is 28.9 Å². The molecular weight excluding hydrogens is 651 g/mol. The van der Waals surface area contributed by atoms with Crippen LogP contribution in [0.2, 0.25) is 0 Å². The van der Waals surface area contributed by atoms with E-state index in [4.69, 9.17) is 5.73 Å². The minimum Gasteiger partial charge on any atom is -0.369 e. The highest BCUT2D eigenvalue weighted by atomic mass is 16.2. The summed E-state index contributed by atoms with van der Waals surface area (Å²) in [6.45, 7) is 18.1. The lowest BCUT2D eigenvalue weighted by Gasteiger charge is -2.39. The Kier molecular flexibility index (Phi) is 7.98. The van der Waals surface area contributed by atoms with Crippen LogP contribution in [0.25, 0.3) is 22.1 Å². The number of aromatic nitrogens is 4. The molecule has 2 aliphatic heterocycles. The maximum Gasteiger partial charge on any atom is 0.254 e. The number of imidazole rings is 2. The molecule has 6 atom stereocenters. The molecule has 2 saturated carbocycles. The number of likely N-dealkylation sites (tertiary alicyclic amines) is 2. The van der Waals surface area contributed by atoms with Gasteiger partial charge >= 0.3 is 0 Å². The van der Waals surface area contributed by atoms with Crippen LogP contribution >= 0.6 is 0 Å². The van der Waals surface area contributed by atoms with Crippen LogP contribution in [-0.4, -0.2) is 71.8 Å². The number of carbonyl (C=O) groups is 3. The van der Waals surface area contributed by atoms with E-state index in [1.807, 2.05) is 52.5 Å². The second-order valence-electron chi connectivity index (χ2n) is 19.3. The van der Waals surface area contributed by atoms with E-state index < -0.39 is 5.92 Å². The van der Waals surface area contributed by atoms with Crippen LogP contribution in [0.5, 0.6) is 0 Å². The van der Waals surface area contributed by atoms with Gasteiger partial charge in [0.05, 0.1) is 40.6 Å². The summed E-state index contributed by atoms with van der Waals surface area (Å²) in [5.41, 5.74) is 11.5. The van der Waals surface area contributed by atoms with Crippen molar-refractivity contribution in [2.24, 2.45) is 33.3 Å². The van der Waals surface area contributed by atoms with E-state index in [9.17, 15) is 14.4 Å². The van der Waals surface area contributed by atoms with E-state index in [0.29, 0.717) is 24.1 Å². The van der Waals surface area contributed by atoms with Gasteiger partial charge in [-0.15, -0.1) is 0 Å². The fraction of sp³-hybridized carbons (Fsp3) is 0.595. The predicted octanol–water partition coefficient (Wildman–Crippen LogP) is 7.22. The number of aryl methyl sites for hydroxylation is 1. The standard InChI is InChI=1S/C42H55N7O3/c1-26(49-25-45-33-15-28(9-11-35(33)49)38(52)48-23-42(7)19-30(48)17-40(4,5)21-42)31(36(43)50)12-13-46-24-44-32-14-27(8-10-34(32)46)37(51)47-22-41(6)18-29(47)16-39(2,3)20-41/h8-11,14-15,24-26,29-31H,12-13,16-23H2,1-7H3,(H2,43,50). The van der Waals surface area contributed by atoms with E-state index in [1.165, 1.54) is 0 Å². The fourth-order valence-corrected chi connectivity index (χ4v) is 11.7. The van der Waals surface area contributed by atoms with Gasteiger partial charge in [0.1, 0.15) is 0 Å². The zero-order valence-corrected chi connectivity index (χ0v) is 32.0. The predicted molar refractivity (Wildman–Crippen MR) is 203 cm³/mol. The van der Waals surface area contributed by atoms with Crippen LogP contribution in [0.15, 0.2) is 49.1 Å². The molecule has 2 aromatic carbocycles. The topological polar surface area (TPSA) is 119 Å². The largest absolute Gasteiger partial charge is 0.369 e. The zero-order valence-electron chi connectivity index (χ0n) is 32.0. The molecule has 4 aliphatic rings. The van der Waals surface area contributed by atoms with Crippen LogP contribution in [0, 0.1) is 27.6 Å². The second kappa shape index (κ2) is 11.9. The molecule has 10 heteroatoms. The molecule has 2 aromatic heterocycles. The molecule has 8 rings (SSSR count). The Morgan fingerprint density at radius 1 is 0.750 bits per heavy atom. The Bertz CT molecular complexity index is 2090. The molecule has 276 valence electrons. The third kappa shape index (κ3) is 6.09. The lowest BCUT2D eigenvalue weighted by atomic mass is 9.65. The van der Waals surface area contributed by atoms with Gasteiger partial charge in [-0.3, -0.25) is 14.4 Å². The smallest absolute Gasteiger partial charge is 0.254 e. The van der Waals surface area contributed by atoms with Crippen molar-refractivity contribution < 1.29 is 14.4 Å². The molecule has 2 N–H and O–H groups in total. The minimum absolute atomic E-state index is 0.0758. The average molecular weight is 706 g/mol. The first-order valence-corrected chi connectivity index (χ1v) is 19.3. The van der Waals surface area contributed by atoms with Gasteiger partial charge in [0, 0.05) is 48.9 Å². The van der Waals surface area contributed by atoms with Gasteiger partial charge in [-0.2, -0.15) is 0 Å². The van der Waals surface area contributed by atoms with E-state index >= 15 is 0 Å². The molecule has 52 heavy (non-hydrogen) atoms. The van der Waals surface area contributed by atoms with Crippen molar-refractivity contribution >= 4 is 39.8 Å². The Morgan fingerprint density at radius 3 is 1.79 bits per heavy atom. The van der Waals surface area contributed by atoms with Crippen molar-refractivity contribution in [3.05, 3.63) is 60.2 Å². The molecule has 3 amide bonds. The Hall–Kier alpha value is -4.21. The third-order valence-electron chi connectivity index (χ3n) is 13.1. The molecule has 4 aromatic rings. The highest BCUT2D eigenvalue weighted by molar-refractivity contribution is 5.98. The van der Waals surface area contributed by atoms with E-state index in [0.717, 1.165) is 73.7 Å². The molecule has 2 saturated heterocycles. The van der Waals surface area contributed by atoms with Gasteiger partial charge in [0.15, 0.2) is 0 Å². The number of benzene rings is 2. The summed E-state index contributed by atoms with van der Waals surface area (Å²) < 4.78 is 4.04. The summed E-state index contributed by atoms with van der Waals surface area (Å²) in [4.78, 5) is 54.0. The summed E-state index contributed by atoms with van der Waals surface area (Å²) in [5, 5.41) is 0. The van der Waals surface area contributed by atoms with Crippen LogP contribution in [0.4, 0.5) is 0 Å². The summed E-state index contributed by atoms with van der Waals surface area (Å²) in [6, 6.07) is 11.9. The van der Waals surface area contributed by atoms with E-state index in [-0.39, 0.29) is 57.5 Å². The van der Waals surface area contributed by atoms with Crippen LogP contribution in [-0.2, 0) is 11.3 Å². The summed E-state index contributed by atoms with van der Waals surface area (Å²) in [7, 11) is 0. The van der Waals surface area contributed by atoms with Crippen LogP contribution in [0.1, 0.15) is 120 Å². The highest BCUT2D eigenvalue weighted by Gasteiger charge is 2.52. The molecule has 4 bridgehead atoms. The Labute approximate surface area is 307 Å². The van der Waals surface area contributed by atoms with Gasteiger partial charge in [0.25, 0.3) is 11.8 Å². The maximum atomic E-state index is 13.8. The first-order valence-electron chi connectivity index (χ1n) is 19.3. The number of nitrogens with two attached hydrogens (primary N) is 1. The number of fused-ring (bicyclic) bond motifs is 6. The highest BCUT2D eigenvalue weighted by Crippen LogP contribution is 2.54. The number of primary amides is 1. The lowest BCUT2D eigenvalue weighted by molar-refractivity contribution is -0.123. The number of hydrogen-bond donors (Lipinski definition) is 1. The Morgan fingerprint density at radius 2 is 1.25 bits per heavy atom. The number of carbonyl (C=O) groups excluding carboxylic acids is 3. The summed E-state index contributed by atoms with van der Waals surface area (Å²) in [5.74, 6) is -0.675. The number of nitrogens with zero attached hydrogens (tertiary/aromatic N) is 6. The first kappa shape index (κ1) is 34.9. The third-order valence-corrected chi connectivity index (χ3v) is 13.1. The Balaban J connectivity index is 0.956. The zero-order chi connectivity index (χ0) is 37.0. The van der Waals surface area contributed by atoms with Gasteiger partial charge in [0.2, 0.25) is 5.91 Å². The molecule has 0 radical (unpaired) electrons. The monoisotopic (exact) mass is 705 g/mol. The fourth-order valence-electron chi connectivity index (χ4n) is 11.7. The van der Waals surface area contributed by atoms with Crippen molar-refractivity contribution in [3.8, 4) is 0 Å². The van der Waals surface area contributed by atoms with E-state index in [1.54, 1.807) is 12.7 Å². The van der Waals surface area contributed by atoms with Gasteiger partial charge in [-0.25, -0.2) is 9.97 Å². The molecular formula is C42H55N7O3. The SMILES string of the molecule is CC(C(CCn1cnc2cc(C(=O)N3CC4(C)CC3CC(C)(C)C4)ccc21)C(N)=O)n1cnc2cc(C(=O)N3CC4(C)CC3CC(C)(C)C4)ccc21. The lowest BCUT2D eigenvalue weighted by Crippen LogP contribution is -2.37. The number of amides is 3. The summed E-state index contributed by atoms with van der Waals surface area (Å²) >= 11 is 0. The van der Waals surface area contributed by atoms with Crippen molar-refractivity contribution in [2.45, 2.75) is 118 Å². The van der Waals surface area contributed by atoms with E-state index in [2.05, 4.69) is 61.3 Å². The molecule has 0 spiro atoms. The molecule has 10 nitrogen and oxygen atoms in total. The van der Waals surface area contributed by atoms with Gasteiger partial charge in [-0.1, -0.05) is 41.5 Å². The van der Waals surface area contributed by atoms with Crippen molar-refractivity contribution in [3.63, 3.8) is 0 Å². The second-order valence-corrected chi connectivity index (χ2v) is 19.3. The number of hydrogen-bond acceptors (Lipinski definition) is 5. The molecule has 6 unspecified atom stereocenters. The maximum absolute atomic E-state index is 13.8. The number of rotatable bonds is 8. The molecule has 4 heterocycles. The summed E-state index contributed by atoms with van der Waals surface area (Å²) in [6.07, 6.45) is 10.5. The van der Waals surface area contributed by atoms with Crippen LogP contribution < -0.4 is 5.73 Å². The molecule has 2 aliphatic carbocycles. The van der Waals surface area contributed by atoms with Gasteiger partial charge in [-0.05, 0) is 110 Å². The first-order chi connectivity index (χ1) is 24.4. The molecule has 4 fully saturated rings. The van der Waals surface area contributed by atoms with Crippen molar-refractivity contribution in [2.75, 3.05) is 13.1 Å². The van der Waals surface area contributed by atoms with Crippen molar-refractivity contribution in [1.29, 1.82) is 0 Å². The quantitative estimate of drug-likeness (QED) is 0.208. The minimum atomic E-state index is -0.467. The van der Waals surface area contributed by atoms with Gasteiger partial charge < -0.3 is 24.7 Å². The van der Waals surface area contributed by atoms with Crippen LogP contribution in [0.3, 0.4) is 0 Å². The normalized spacial score (nSPS) is 28.8.